The molecule has 2 N–H and O–H groups in total. The molecule has 1 atom stereocenters. The van der Waals surface area contributed by atoms with Gasteiger partial charge in [-0.15, -0.1) is 0 Å². The summed E-state index contributed by atoms with van der Waals surface area (Å²) in [5, 5.41) is 5.86. The third kappa shape index (κ3) is 2.87. The maximum Gasteiger partial charge on any atom is 0.254 e. The minimum absolute atomic E-state index is 0.00222. The molecule has 0 saturated carbocycles. The average molecular weight is 351 g/mol. The Hall–Kier alpha value is -3.02. The largest absolute Gasteiger partial charge is 0.496 e. The van der Waals surface area contributed by atoms with Gasteiger partial charge in [-0.1, -0.05) is 18.2 Å². The molecular formula is C20H21N3O3. The number of benzene rings is 2. The van der Waals surface area contributed by atoms with Crippen molar-refractivity contribution >= 4 is 23.2 Å². The number of hydrogen-bond donors (Lipinski definition) is 2. The summed E-state index contributed by atoms with van der Waals surface area (Å²) in [6, 6.07) is 13.3. The standard InChI is InChI=1S/C20H21N3O3/c1-26-18-7-3-2-5-14(18)17-6-4-10-23(17)20(25)13-8-9-15-16(11-13)22-19(24)12-21-15/h2-3,5,7-9,11,17,21H,4,6,10,12H2,1H3,(H,22,24)/t17-/m0/s1. The number of methoxy groups -OCH3 is 1. The Balaban J connectivity index is 1.63. The van der Waals surface area contributed by atoms with Crippen LogP contribution in [0.5, 0.6) is 5.75 Å². The van der Waals surface area contributed by atoms with Gasteiger partial charge in [0, 0.05) is 17.7 Å². The van der Waals surface area contributed by atoms with Gasteiger partial charge in [0.25, 0.3) is 5.91 Å². The number of para-hydroxylation sites is 1. The lowest BCUT2D eigenvalue weighted by Gasteiger charge is -2.27. The van der Waals surface area contributed by atoms with Crippen LogP contribution in [0.4, 0.5) is 11.4 Å². The number of nitrogens with one attached hydrogen (secondary N) is 2. The summed E-state index contributed by atoms with van der Waals surface area (Å²) in [5.41, 5.74) is 3.10. The number of hydrogen-bond acceptors (Lipinski definition) is 4. The van der Waals surface area contributed by atoms with Crippen molar-refractivity contribution in [2.24, 2.45) is 0 Å². The van der Waals surface area contributed by atoms with Gasteiger partial charge in [-0.25, -0.2) is 0 Å². The maximum atomic E-state index is 13.1. The summed E-state index contributed by atoms with van der Waals surface area (Å²) in [6.07, 6.45) is 1.87. The Morgan fingerprint density at radius 1 is 1.19 bits per heavy atom. The van der Waals surface area contributed by atoms with E-state index >= 15 is 0 Å². The molecule has 0 spiro atoms. The van der Waals surface area contributed by atoms with E-state index in [-0.39, 0.29) is 24.4 Å². The van der Waals surface area contributed by atoms with E-state index in [1.165, 1.54) is 0 Å². The van der Waals surface area contributed by atoms with Gasteiger partial charge in [0.15, 0.2) is 0 Å². The molecule has 1 saturated heterocycles. The Bertz CT molecular complexity index is 865. The van der Waals surface area contributed by atoms with E-state index < -0.39 is 0 Å². The van der Waals surface area contributed by atoms with Gasteiger partial charge in [0.05, 0.1) is 31.1 Å². The molecule has 2 aliphatic heterocycles. The van der Waals surface area contributed by atoms with Crippen molar-refractivity contribution < 1.29 is 14.3 Å². The minimum Gasteiger partial charge on any atom is -0.496 e. The van der Waals surface area contributed by atoms with Gasteiger partial charge < -0.3 is 20.3 Å². The summed E-state index contributed by atoms with van der Waals surface area (Å²) < 4.78 is 5.48. The number of amides is 2. The van der Waals surface area contributed by atoms with Crippen LogP contribution >= 0.6 is 0 Å². The molecule has 2 aromatic rings. The van der Waals surface area contributed by atoms with E-state index in [4.69, 9.17) is 4.74 Å². The molecule has 2 amide bonds. The molecule has 1 fully saturated rings. The van der Waals surface area contributed by atoms with Crippen molar-refractivity contribution in [1.29, 1.82) is 0 Å². The van der Waals surface area contributed by atoms with E-state index in [1.54, 1.807) is 13.2 Å². The molecule has 0 radical (unpaired) electrons. The molecule has 134 valence electrons. The van der Waals surface area contributed by atoms with Crippen LogP contribution in [0.2, 0.25) is 0 Å². The van der Waals surface area contributed by atoms with Crippen LogP contribution in [0.25, 0.3) is 0 Å². The number of ether oxygens (including phenoxy) is 1. The van der Waals surface area contributed by atoms with E-state index in [2.05, 4.69) is 10.6 Å². The third-order valence-corrected chi connectivity index (χ3v) is 4.99. The Morgan fingerprint density at radius 2 is 2.04 bits per heavy atom. The Kier molecular flexibility index (Phi) is 4.24. The second-order valence-electron chi connectivity index (χ2n) is 6.56. The molecular weight excluding hydrogens is 330 g/mol. The topological polar surface area (TPSA) is 70.7 Å². The molecule has 0 unspecified atom stereocenters. The summed E-state index contributed by atoms with van der Waals surface area (Å²) in [6.45, 7) is 0.964. The fourth-order valence-electron chi connectivity index (χ4n) is 3.75. The van der Waals surface area contributed by atoms with Crippen molar-refractivity contribution in [2.75, 3.05) is 30.8 Å². The second-order valence-corrected chi connectivity index (χ2v) is 6.56. The molecule has 0 bridgehead atoms. The summed E-state index contributed by atoms with van der Waals surface area (Å²) in [5.74, 6) is 0.676. The van der Waals surface area contributed by atoms with Crippen LogP contribution in [0.15, 0.2) is 42.5 Å². The van der Waals surface area contributed by atoms with E-state index in [0.717, 1.165) is 29.8 Å². The monoisotopic (exact) mass is 351 g/mol. The number of carbonyl (C=O) groups excluding carboxylic acids is 2. The first-order valence-electron chi connectivity index (χ1n) is 8.79. The highest BCUT2D eigenvalue weighted by Gasteiger charge is 2.32. The lowest BCUT2D eigenvalue weighted by atomic mass is 10.0. The SMILES string of the molecule is COc1ccccc1[C@@H]1CCCN1C(=O)c1ccc2c(c1)NC(=O)CN2. The van der Waals surface area contributed by atoms with Gasteiger partial charge in [0.1, 0.15) is 5.75 Å². The smallest absolute Gasteiger partial charge is 0.254 e. The van der Waals surface area contributed by atoms with Crippen LogP contribution in [-0.4, -0.2) is 36.9 Å². The van der Waals surface area contributed by atoms with Gasteiger partial charge in [-0.2, -0.15) is 0 Å². The van der Waals surface area contributed by atoms with Crippen molar-refractivity contribution in [1.82, 2.24) is 4.90 Å². The summed E-state index contributed by atoms with van der Waals surface area (Å²) in [7, 11) is 1.65. The molecule has 0 aromatic heterocycles. The van der Waals surface area contributed by atoms with Gasteiger partial charge >= 0.3 is 0 Å². The maximum absolute atomic E-state index is 13.1. The van der Waals surface area contributed by atoms with Crippen molar-refractivity contribution in [3.63, 3.8) is 0 Å². The first kappa shape index (κ1) is 16.4. The minimum atomic E-state index is -0.102. The van der Waals surface area contributed by atoms with Gasteiger partial charge in [-0.3, -0.25) is 9.59 Å². The summed E-state index contributed by atoms with van der Waals surface area (Å²) >= 11 is 0. The van der Waals surface area contributed by atoms with Crippen molar-refractivity contribution in [3.05, 3.63) is 53.6 Å². The summed E-state index contributed by atoms with van der Waals surface area (Å²) in [4.78, 5) is 26.6. The van der Waals surface area contributed by atoms with Crippen LogP contribution in [0.1, 0.15) is 34.8 Å². The predicted octanol–water partition coefficient (Wildman–Crippen LogP) is 3.04. The Labute approximate surface area is 152 Å². The lowest BCUT2D eigenvalue weighted by Crippen LogP contribution is -2.31. The fraction of sp³-hybridized carbons (Fsp3) is 0.300. The number of anilines is 2. The molecule has 26 heavy (non-hydrogen) atoms. The zero-order valence-corrected chi connectivity index (χ0v) is 14.6. The van der Waals surface area contributed by atoms with E-state index in [1.807, 2.05) is 41.3 Å². The lowest BCUT2D eigenvalue weighted by molar-refractivity contribution is -0.114. The van der Waals surface area contributed by atoms with Crippen LogP contribution in [-0.2, 0) is 4.79 Å². The van der Waals surface area contributed by atoms with Crippen LogP contribution < -0.4 is 15.4 Å². The molecule has 2 aromatic carbocycles. The quantitative estimate of drug-likeness (QED) is 0.892. The number of rotatable bonds is 3. The Morgan fingerprint density at radius 3 is 2.88 bits per heavy atom. The zero-order chi connectivity index (χ0) is 18.1. The highest BCUT2D eigenvalue weighted by atomic mass is 16.5. The highest BCUT2D eigenvalue weighted by Crippen LogP contribution is 2.38. The highest BCUT2D eigenvalue weighted by molar-refractivity contribution is 6.03. The third-order valence-electron chi connectivity index (χ3n) is 4.99. The van der Waals surface area contributed by atoms with Gasteiger partial charge in [0.2, 0.25) is 5.91 Å². The fourth-order valence-corrected chi connectivity index (χ4v) is 3.75. The van der Waals surface area contributed by atoms with Gasteiger partial charge in [-0.05, 0) is 37.1 Å². The first-order chi connectivity index (χ1) is 12.7. The number of carbonyl (C=O) groups is 2. The number of likely N-dealkylation sites (tertiary alicyclic amines) is 1. The van der Waals surface area contributed by atoms with Crippen molar-refractivity contribution in [3.8, 4) is 5.75 Å². The van der Waals surface area contributed by atoms with Crippen molar-refractivity contribution in [2.45, 2.75) is 18.9 Å². The first-order valence-corrected chi connectivity index (χ1v) is 8.79. The van der Waals surface area contributed by atoms with Crippen LogP contribution in [0, 0.1) is 0 Å². The normalized spacial score (nSPS) is 18.7. The second kappa shape index (κ2) is 6.71. The molecule has 0 aliphatic carbocycles. The molecule has 2 aliphatic rings. The number of nitrogens with zero attached hydrogens (tertiary/aromatic N) is 1. The molecule has 4 rings (SSSR count). The molecule has 6 heteroatoms. The number of fused-ring (bicyclic) bond motifs is 1. The molecule has 6 nitrogen and oxygen atoms in total. The zero-order valence-electron chi connectivity index (χ0n) is 14.6. The van der Waals surface area contributed by atoms with E-state index in [9.17, 15) is 9.59 Å². The van der Waals surface area contributed by atoms with Crippen LogP contribution in [0.3, 0.4) is 0 Å². The van der Waals surface area contributed by atoms with E-state index in [0.29, 0.717) is 17.8 Å². The average Bonchev–Trinajstić information content (AvgIpc) is 3.16. The predicted molar refractivity (Wildman–Crippen MR) is 99.6 cm³/mol. The molecule has 2 heterocycles.